The molecule has 2 rings (SSSR count). The molecule has 1 aromatic carbocycles. The van der Waals surface area contributed by atoms with Crippen LogP contribution in [-0.4, -0.2) is 30.1 Å². The van der Waals surface area contributed by atoms with Gasteiger partial charge < -0.3 is 5.32 Å². The van der Waals surface area contributed by atoms with Crippen LogP contribution in [0.5, 0.6) is 0 Å². The molecule has 0 fully saturated rings. The van der Waals surface area contributed by atoms with Crippen molar-refractivity contribution in [3.63, 3.8) is 0 Å². The summed E-state index contributed by atoms with van der Waals surface area (Å²) in [6.07, 6.45) is 0.746. The fourth-order valence-corrected chi connectivity index (χ4v) is 3.27. The number of benzene rings is 1. The fourth-order valence-electron chi connectivity index (χ4n) is 2.08. The molecule has 0 bridgehead atoms. The van der Waals surface area contributed by atoms with Crippen LogP contribution < -0.4 is 10.9 Å². The second-order valence-electron chi connectivity index (χ2n) is 5.86. The zero-order valence-electron chi connectivity index (χ0n) is 14.4. The van der Waals surface area contributed by atoms with E-state index in [0.717, 1.165) is 28.8 Å². The number of hydrogen-bond donors (Lipinski definition) is 1. The largest absolute Gasteiger partial charge is 0.352 e. The number of aryl methyl sites for hydroxylation is 1. The summed E-state index contributed by atoms with van der Waals surface area (Å²) in [4.78, 5) is 23.9. The second kappa shape index (κ2) is 7.60. The first kappa shape index (κ1) is 18.9. The molecule has 0 aliphatic rings. The van der Waals surface area contributed by atoms with Crippen molar-refractivity contribution >= 4 is 15.7 Å². The van der Waals surface area contributed by atoms with Crippen molar-refractivity contribution in [2.24, 2.45) is 0 Å². The van der Waals surface area contributed by atoms with Crippen LogP contribution in [0.3, 0.4) is 0 Å². The first-order valence-corrected chi connectivity index (χ1v) is 9.41. The van der Waals surface area contributed by atoms with Gasteiger partial charge in [0.1, 0.15) is 6.54 Å². The fraction of sp³-hybridized carbons (Fsp3) is 0.353. The number of nitrogens with one attached hydrogen (secondary N) is 1. The van der Waals surface area contributed by atoms with Gasteiger partial charge in [0.2, 0.25) is 15.7 Å². The maximum Gasteiger partial charge on any atom is 0.267 e. The lowest BCUT2D eigenvalue weighted by atomic mass is 10.2. The second-order valence-corrected chi connectivity index (χ2v) is 7.76. The lowest BCUT2D eigenvalue weighted by Crippen LogP contribution is -2.38. The Morgan fingerprint density at radius 2 is 1.84 bits per heavy atom. The van der Waals surface area contributed by atoms with Gasteiger partial charge in [0, 0.05) is 12.1 Å². The van der Waals surface area contributed by atoms with E-state index in [9.17, 15) is 18.0 Å². The molecule has 1 N–H and O–H groups in total. The van der Waals surface area contributed by atoms with E-state index in [2.05, 4.69) is 10.4 Å². The molecule has 134 valence electrons. The molecule has 0 aliphatic heterocycles. The van der Waals surface area contributed by atoms with Crippen molar-refractivity contribution in [3.8, 4) is 0 Å². The zero-order chi connectivity index (χ0) is 18.6. The molecule has 1 heterocycles. The lowest BCUT2D eigenvalue weighted by Gasteiger charge is -2.12. The molecule has 25 heavy (non-hydrogen) atoms. The Morgan fingerprint density at radius 3 is 2.44 bits per heavy atom. The summed E-state index contributed by atoms with van der Waals surface area (Å²) in [6.45, 7) is 5.28. The predicted octanol–water partition coefficient (Wildman–Crippen LogP) is 1.30. The van der Waals surface area contributed by atoms with Gasteiger partial charge in [0.25, 0.3) is 5.56 Å². The Kier molecular flexibility index (Phi) is 5.73. The van der Waals surface area contributed by atoms with E-state index >= 15 is 0 Å². The molecule has 0 saturated carbocycles. The molecule has 7 nitrogen and oxygen atoms in total. The first-order valence-electron chi connectivity index (χ1n) is 7.93. The average Bonchev–Trinajstić information content (AvgIpc) is 2.56. The SMILES string of the molecule is CC[C@@H](C)NC(=O)Cn1nc(S(=O)(=O)c2ccc(C)cc2)ccc1=O. The van der Waals surface area contributed by atoms with Crippen molar-refractivity contribution in [1.29, 1.82) is 0 Å². The normalized spacial score (nSPS) is 12.6. The van der Waals surface area contributed by atoms with Crippen LogP contribution in [0, 0.1) is 6.92 Å². The molecule has 1 amide bonds. The summed E-state index contributed by atoms with van der Waals surface area (Å²) in [5.41, 5.74) is 0.390. The third-order valence-corrected chi connectivity index (χ3v) is 5.42. The highest BCUT2D eigenvalue weighted by Gasteiger charge is 2.21. The van der Waals surface area contributed by atoms with Gasteiger partial charge >= 0.3 is 0 Å². The van der Waals surface area contributed by atoms with E-state index in [1.807, 2.05) is 20.8 Å². The molecule has 0 saturated heterocycles. The number of carbonyl (C=O) groups is 1. The smallest absolute Gasteiger partial charge is 0.267 e. The number of rotatable bonds is 6. The molecule has 0 unspecified atom stereocenters. The van der Waals surface area contributed by atoms with Crippen molar-refractivity contribution < 1.29 is 13.2 Å². The highest BCUT2D eigenvalue weighted by atomic mass is 32.2. The van der Waals surface area contributed by atoms with Crippen LogP contribution in [0.4, 0.5) is 0 Å². The number of carbonyl (C=O) groups excluding carboxylic acids is 1. The molecule has 0 radical (unpaired) electrons. The van der Waals surface area contributed by atoms with Gasteiger partial charge in [-0.15, -0.1) is 0 Å². The molecule has 8 heteroatoms. The highest BCUT2D eigenvalue weighted by molar-refractivity contribution is 7.91. The minimum Gasteiger partial charge on any atom is -0.352 e. The zero-order valence-corrected chi connectivity index (χ0v) is 15.2. The van der Waals surface area contributed by atoms with E-state index in [4.69, 9.17) is 0 Å². The topological polar surface area (TPSA) is 98.1 Å². The van der Waals surface area contributed by atoms with Crippen LogP contribution >= 0.6 is 0 Å². The number of aromatic nitrogens is 2. The average molecular weight is 363 g/mol. The maximum absolute atomic E-state index is 12.6. The van der Waals surface area contributed by atoms with Crippen LogP contribution in [0.15, 0.2) is 51.1 Å². The highest BCUT2D eigenvalue weighted by Crippen LogP contribution is 2.18. The van der Waals surface area contributed by atoms with Crippen molar-refractivity contribution in [1.82, 2.24) is 15.1 Å². The van der Waals surface area contributed by atoms with Crippen LogP contribution in [0.1, 0.15) is 25.8 Å². The monoisotopic (exact) mass is 363 g/mol. The quantitative estimate of drug-likeness (QED) is 0.834. The van der Waals surface area contributed by atoms with Gasteiger partial charge in [-0.1, -0.05) is 24.6 Å². The summed E-state index contributed by atoms with van der Waals surface area (Å²) < 4.78 is 26.1. The van der Waals surface area contributed by atoms with E-state index in [1.165, 1.54) is 12.1 Å². The Morgan fingerprint density at radius 1 is 1.20 bits per heavy atom. The van der Waals surface area contributed by atoms with Crippen molar-refractivity contribution in [2.45, 2.75) is 49.7 Å². The minimum absolute atomic E-state index is 0.0392. The van der Waals surface area contributed by atoms with Gasteiger partial charge in [0.15, 0.2) is 5.03 Å². The lowest BCUT2D eigenvalue weighted by molar-refractivity contribution is -0.122. The molecular formula is C17H21N3O4S. The third kappa shape index (κ3) is 4.54. The van der Waals surface area contributed by atoms with Crippen LogP contribution in [0.2, 0.25) is 0 Å². The van der Waals surface area contributed by atoms with Crippen molar-refractivity contribution in [3.05, 3.63) is 52.3 Å². The van der Waals surface area contributed by atoms with Gasteiger partial charge in [0.05, 0.1) is 4.90 Å². The third-order valence-electron chi connectivity index (χ3n) is 3.76. The van der Waals surface area contributed by atoms with E-state index in [0.29, 0.717) is 0 Å². The first-order chi connectivity index (χ1) is 11.7. The van der Waals surface area contributed by atoms with Crippen LogP contribution in [0.25, 0.3) is 0 Å². The van der Waals surface area contributed by atoms with Gasteiger partial charge in [-0.3, -0.25) is 9.59 Å². The molecular weight excluding hydrogens is 342 g/mol. The summed E-state index contributed by atoms with van der Waals surface area (Å²) in [6, 6.07) is 8.55. The molecule has 1 aromatic heterocycles. The number of sulfone groups is 1. The summed E-state index contributed by atoms with van der Waals surface area (Å²) in [5, 5.41) is 6.31. The van der Waals surface area contributed by atoms with Crippen LogP contribution in [-0.2, 0) is 21.2 Å². The maximum atomic E-state index is 12.6. The molecule has 0 aliphatic carbocycles. The minimum atomic E-state index is -3.86. The summed E-state index contributed by atoms with van der Waals surface area (Å²) in [5.74, 6) is -0.395. The summed E-state index contributed by atoms with van der Waals surface area (Å²) >= 11 is 0. The Balaban J connectivity index is 2.33. The van der Waals surface area contributed by atoms with E-state index < -0.39 is 21.3 Å². The predicted molar refractivity (Wildman–Crippen MR) is 93.0 cm³/mol. The number of hydrogen-bond acceptors (Lipinski definition) is 5. The van der Waals surface area contributed by atoms with E-state index in [1.54, 1.807) is 12.1 Å². The number of amides is 1. The summed E-state index contributed by atoms with van der Waals surface area (Å²) in [7, 11) is -3.86. The molecule has 0 spiro atoms. The van der Waals surface area contributed by atoms with Crippen molar-refractivity contribution in [2.75, 3.05) is 0 Å². The van der Waals surface area contributed by atoms with E-state index in [-0.39, 0.29) is 22.5 Å². The number of nitrogens with zero attached hydrogens (tertiary/aromatic N) is 2. The van der Waals surface area contributed by atoms with Gasteiger partial charge in [-0.25, -0.2) is 13.1 Å². The standard InChI is InChI=1S/C17H21N3O4S/c1-4-13(3)18-15(21)11-20-17(22)10-9-16(19-20)25(23,24)14-7-5-12(2)6-8-14/h5-10,13H,4,11H2,1-3H3,(H,18,21)/t13-/m1/s1. The van der Waals surface area contributed by atoms with Gasteiger partial charge in [-0.2, -0.15) is 5.10 Å². The molecule has 2 aromatic rings. The Bertz CT molecular complexity index is 918. The Labute approximate surface area is 146 Å². The molecule has 1 atom stereocenters. The Hall–Kier alpha value is -2.48. The van der Waals surface area contributed by atoms with Gasteiger partial charge in [-0.05, 0) is 38.5 Å².